The number of aliphatic hydroxyl groups excluding tert-OH is 1. The van der Waals surface area contributed by atoms with E-state index in [2.05, 4.69) is 5.32 Å². The molecule has 2 amide bonds. The van der Waals surface area contributed by atoms with Crippen LogP contribution in [0.4, 0.5) is 0 Å². The smallest absolute Gasteiger partial charge is 0.310 e. The zero-order chi connectivity index (χ0) is 21.0. The number of amides is 2. The minimum absolute atomic E-state index is 0.00900. The highest BCUT2D eigenvalue weighted by atomic mass is 16.5. The van der Waals surface area contributed by atoms with Crippen LogP contribution in [0.25, 0.3) is 0 Å². The van der Waals surface area contributed by atoms with Gasteiger partial charge in [-0.3, -0.25) is 14.4 Å². The Kier molecular flexibility index (Phi) is 7.63. The fourth-order valence-electron chi connectivity index (χ4n) is 4.54. The van der Waals surface area contributed by atoms with Crippen molar-refractivity contribution >= 4 is 17.8 Å². The van der Waals surface area contributed by atoms with Crippen LogP contribution in [-0.4, -0.2) is 59.1 Å². The van der Waals surface area contributed by atoms with Crippen molar-refractivity contribution in [3.63, 3.8) is 0 Å². The summed E-state index contributed by atoms with van der Waals surface area (Å²) >= 11 is 0. The molecule has 1 fully saturated rings. The number of ether oxygens (including phenoxy) is 1. The van der Waals surface area contributed by atoms with Crippen molar-refractivity contribution in [1.82, 2.24) is 10.2 Å². The Labute approximate surface area is 167 Å². The van der Waals surface area contributed by atoms with Gasteiger partial charge in [0.05, 0.1) is 31.1 Å². The van der Waals surface area contributed by atoms with Crippen LogP contribution in [-0.2, 0) is 19.1 Å². The summed E-state index contributed by atoms with van der Waals surface area (Å²) in [5.41, 5.74) is 0. The van der Waals surface area contributed by atoms with E-state index in [0.29, 0.717) is 0 Å². The molecular weight excluding hydrogens is 360 g/mol. The monoisotopic (exact) mass is 394 g/mol. The van der Waals surface area contributed by atoms with Gasteiger partial charge in [0.25, 0.3) is 0 Å². The van der Waals surface area contributed by atoms with Crippen LogP contribution in [0, 0.1) is 23.7 Å². The molecule has 1 saturated heterocycles. The minimum atomic E-state index is -0.736. The van der Waals surface area contributed by atoms with Crippen molar-refractivity contribution in [2.45, 2.75) is 65.6 Å². The Hall–Kier alpha value is -1.89. The van der Waals surface area contributed by atoms with Crippen molar-refractivity contribution in [3.05, 3.63) is 12.2 Å². The van der Waals surface area contributed by atoms with Crippen LogP contribution < -0.4 is 5.32 Å². The van der Waals surface area contributed by atoms with Gasteiger partial charge in [-0.2, -0.15) is 0 Å². The number of esters is 1. The maximum atomic E-state index is 13.3. The summed E-state index contributed by atoms with van der Waals surface area (Å²) in [6, 6.07) is -1.26. The highest BCUT2D eigenvalue weighted by molar-refractivity contribution is 5.96. The Balaban J connectivity index is 2.40. The molecule has 7 atom stereocenters. The summed E-state index contributed by atoms with van der Waals surface area (Å²) < 4.78 is 5.23. The first-order valence-electron chi connectivity index (χ1n) is 10.4. The third kappa shape index (κ3) is 4.24. The van der Waals surface area contributed by atoms with Gasteiger partial charge in [-0.05, 0) is 33.1 Å². The number of likely N-dealkylation sites (tertiary alicyclic amines) is 1. The van der Waals surface area contributed by atoms with Gasteiger partial charge >= 0.3 is 5.97 Å². The highest BCUT2D eigenvalue weighted by Crippen LogP contribution is 2.45. The zero-order valence-electron chi connectivity index (χ0n) is 17.6. The molecule has 2 aliphatic rings. The molecule has 1 aliphatic carbocycles. The second-order valence-electron chi connectivity index (χ2n) is 8.05. The SMILES string of the molecule is CCCC(C)NC(=O)[C@@H]1[C@H]2C=C[C@@H](C)[C@@H](C(=O)OCC)[C@H]2C(=O)N1[C@H](C)CO. The number of carbonyl (C=O) groups is 3. The van der Waals surface area contributed by atoms with Gasteiger partial charge in [0.15, 0.2) is 0 Å². The van der Waals surface area contributed by atoms with Crippen LogP contribution in [0.1, 0.15) is 47.5 Å². The Morgan fingerprint density at radius 3 is 2.54 bits per heavy atom. The number of fused-ring (bicyclic) bond motifs is 1. The topological polar surface area (TPSA) is 95.9 Å². The van der Waals surface area contributed by atoms with E-state index in [4.69, 9.17) is 4.74 Å². The van der Waals surface area contributed by atoms with E-state index in [1.807, 2.05) is 32.9 Å². The summed E-state index contributed by atoms with van der Waals surface area (Å²) in [7, 11) is 0. The lowest BCUT2D eigenvalue weighted by atomic mass is 9.70. The third-order valence-corrected chi connectivity index (χ3v) is 5.89. The molecule has 0 aromatic heterocycles. The lowest BCUT2D eigenvalue weighted by Crippen LogP contribution is -2.52. The van der Waals surface area contributed by atoms with Crippen LogP contribution in [0.2, 0.25) is 0 Å². The van der Waals surface area contributed by atoms with Gasteiger partial charge in [-0.1, -0.05) is 32.4 Å². The van der Waals surface area contributed by atoms with Gasteiger partial charge in [0.1, 0.15) is 6.04 Å². The van der Waals surface area contributed by atoms with E-state index in [0.717, 1.165) is 12.8 Å². The van der Waals surface area contributed by atoms with E-state index in [9.17, 15) is 19.5 Å². The lowest BCUT2D eigenvalue weighted by molar-refractivity contribution is -0.155. The second-order valence-corrected chi connectivity index (χ2v) is 8.05. The molecule has 158 valence electrons. The average molecular weight is 395 g/mol. The molecule has 7 nitrogen and oxygen atoms in total. The molecule has 1 unspecified atom stereocenters. The molecule has 0 aromatic carbocycles. The van der Waals surface area contributed by atoms with Crippen molar-refractivity contribution in [2.24, 2.45) is 23.7 Å². The van der Waals surface area contributed by atoms with Gasteiger partial charge in [-0.25, -0.2) is 0 Å². The largest absolute Gasteiger partial charge is 0.466 e. The molecule has 1 aliphatic heterocycles. The Morgan fingerprint density at radius 2 is 1.96 bits per heavy atom. The van der Waals surface area contributed by atoms with Crippen LogP contribution in [0.15, 0.2) is 12.2 Å². The lowest BCUT2D eigenvalue weighted by Gasteiger charge is -2.33. The average Bonchev–Trinajstić information content (AvgIpc) is 2.94. The number of hydrogen-bond donors (Lipinski definition) is 2. The predicted molar refractivity (Wildman–Crippen MR) is 105 cm³/mol. The van der Waals surface area contributed by atoms with E-state index in [-0.39, 0.29) is 37.0 Å². The first-order valence-corrected chi connectivity index (χ1v) is 10.4. The quantitative estimate of drug-likeness (QED) is 0.480. The third-order valence-electron chi connectivity index (χ3n) is 5.89. The maximum absolute atomic E-state index is 13.3. The van der Waals surface area contributed by atoms with E-state index < -0.39 is 35.8 Å². The molecule has 1 heterocycles. The van der Waals surface area contributed by atoms with Crippen LogP contribution >= 0.6 is 0 Å². The maximum Gasteiger partial charge on any atom is 0.310 e. The standard InChI is InChI=1S/C21H34N2O5/c1-6-8-13(4)22-19(25)18-15-10-9-12(3)16(21(27)28-7-2)17(15)20(26)23(18)14(5)11-24/h9-10,12-18,24H,6-8,11H2,1-5H3,(H,22,25)/t12-,13?,14-,15+,16-,17+,18+/m1/s1. The summed E-state index contributed by atoms with van der Waals surface area (Å²) in [4.78, 5) is 40.5. The number of nitrogens with one attached hydrogen (secondary N) is 1. The van der Waals surface area contributed by atoms with Gasteiger partial charge in [0.2, 0.25) is 11.8 Å². The number of allylic oxidation sites excluding steroid dienone is 1. The molecule has 0 bridgehead atoms. The number of carbonyl (C=O) groups excluding carboxylic acids is 3. The molecule has 0 spiro atoms. The molecule has 0 aromatic rings. The number of rotatable bonds is 8. The van der Waals surface area contributed by atoms with Crippen LogP contribution in [0.3, 0.4) is 0 Å². The molecule has 28 heavy (non-hydrogen) atoms. The molecular formula is C21H34N2O5. The fraction of sp³-hybridized carbons (Fsp3) is 0.762. The van der Waals surface area contributed by atoms with Crippen molar-refractivity contribution in [1.29, 1.82) is 0 Å². The summed E-state index contributed by atoms with van der Waals surface area (Å²) in [5, 5.41) is 12.7. The van der Waals surface area contributed by atoms with E-state index >= 15 is 0 Å². The molecule has 7 heteroatoms. The van der Waals surface area contributed by atoms with Gasteiger partial charge < -0.3 is 20.1 Å². The van der Waals surface area contributed by atoms with Gasteiger partial charge in [0, 0.05) is 12.0 Å². The molecule has 2 N–H and O–H groups in total. The van der Waals surface area contributed by atoms with Crippen LogP contribution in [0.5, 0.6) is 0 Å². The first kappa shape index (κ1) is 22.4. The summed E-state index contributed by atoms with van der Waals surface area (Å²) in [6.07, 6.45) is 5.57. The number of nitrogens with zero attached hydrogens (tertiary/aromatic N) is 1. The zero-order valence-corrected chi connectivity index (χ0v) is 17.6. The summed E-state index contributed by atoms with van der Waals surface area (Å²) in [6.45, 7) is 9.33. The first-order chi connectivity index (χ1) is 13.3. The fourth-order valence-corrected chi connectivity index (χ4v) is 4.54. The van der Waals surface area contributed by atoms with Crippen molar-refractivity contribution < 1.29 is 24.2 Å². The summed E-state index contributed by atoms with van der Waals surface area (Å²) in [5.74, 6) is -2.74. The molecule has 0 radical (unpaired) electrons. The van der Waals surface area contributed by atoms with Crippen molar-refractivity contribution in [3.8, 4) is 0 Å². The normalized spacial score (nSPS) is 31.3. The second kappa shape index (κ2) is 9.54. The number of hydrogen-bond acceptors (Lipinski definition) is 5. The Bertz CT molecular complexity index is 620. The van der Waals surface area contributed by atoms with Gasteiger partial charge in [-0.15, -0.1) is 0 Å². The van der Waals surface area contributed by atoms with E-state index in [1.54, 1.807) is 13.8 Å². The highest BCUT2D eigenvalue weighted by Gasteiger charge is 2.58. The van der Waals surface area contributed by atoms with Crippen molar-refractivity contribution in [2.75, 3.05) is 13.2 Å². The predicted octanol–water partition coefficient (Wildman–Crippen LogP) is 1.50. The Morgan fingerprint density at radius 1 is 1.29 bits per heavy atom. The number of aliphatic hydroxyl groups is 1. The molecule has 2 rings (SSSR count). The molecule has 0 saturated carbocycles. The van der Waals surface area contributed by atoms with E-state index in [1.165, 1.54) is 4.90 Å². The minimum Gasteiger partial charge on any atom is -0.466 e.